The summed E-state index contributed by atoms with van der Waals surface area (Å²) in [6.45, 7) is 5.64. The van der Waals surface area contributed by atoms with Gasteiger partial charge in [0, 0.05) is 0 Å². The first-order valence-electron chi connectivity index (χ1n) is 25.2. The Hall–Kier alpha value is -1.63. The summed E-state index contributed by atoms with van der Waals surface area (Å²) in [5.41, 5.74) is 1.18. The Kier molecular flexibility index (Phi) is 37.6. The SMILES string of the molecule is CCCCCCC/C=C/C(C)=C/CC/C=C/[C@@H](O)[C@H](CO[C@@H]1O[C@H](CO)[C@@H](O)[C@H](O)[C@H]1O)NC(=O)[C@H](O)CCCCCCCCCCCCCCCCCCCCCCCC. The second kappa shape index (κ2) is 39.9. The molecule has 10 nitrogen and oxygen atoms in total. The first-order chi connectivity index (χ1) is 29.7. The van der Waals surface area contributed by atoms with Crippen molar-refractivity contribution in [1.29, 1.82) is 0 Å². The summed E-state index contributed by atoms with van der Waals surface area (Å²) < 4.78 is 11.1. The van der Waals surface area contributed by atoms with Gasteiger partial charge in [-0.1, -0.05) is 217 Å². The molecule has 10 heteroatoms. The number of aliphatic hydroxyl groups excluding tert-OH is 6. The molecule has 1 aliphatic heterocycles. The highest BCUT2D eigenvalue weighted by Gasteiger charge is 2.44. The Labute approximate surface area is 373 Å². The van der Waals surface area contributed by atoms with Gasteiger partial charge in [-0.3, -0.25) is 4.79 Å². The third-order valence-corrected chi connectivity index (χ3v) is 12.2. The maximum Gasteiger partial charge on any atom is 0.249 e. The minimum atomic E-state index is -1.62. The first-order valence-corrected chi connectivity index (χ1v) is 25.2. The van der Waals surface area contributed by atoms with Crippen LogP contribution >= 0.6 is 0 Å². The normalized spacial score (nSPS) is 21.4. The van der Waals surface area contributed by atoms with E-state index in [0.29, 0.717) is 19.3 Å². The van der Waals surface area contributed by atoms with E-state index >= 15 is 0 Å². The molecule has 61 heavy (non-hydrogen) atoms. The Morgan fingerprint density at radius 3 is 1.59 bits per heavy atom. The van der Waals surface area contributed by atoms with Gasteiger partial charge < -0.3 is 45.4 Å². The van der Waals surface area contributed by atoms with Crippen LogP contribution in [-0.2, 0) is 14.3 Å². The number of rotatable bonds is 41. The van der Waals surface area contributed by atoms with Crippen molar-refractivity contribution in [3.8, 4) is 0 Å². The average molecular weight is 866 g/mol. The van der Waals surface area contributed by atoms with E-state index in [1.54, 1.807) is 6.08 Å². The molecule has 1 fully saturated rings. The summed E-state index contributed by atoms with van der Waals surface area (Å²) in [5.74, 6) is -0.631. The van der Waals surface area contributed by atoms with Crippen LogP contribution in [0.3, 0.4) is 0 Å². The van der Waals surface area contributed by atoms with Gasteiger partial charge in [-0.2, -0.15) is 0 Å². The predicted molar refractivity (Wildman–Crippen MR) is 250 cm³/mol. The quantitative estimate of drug-likeness (QED) is 0.0180. The molecule has 0 aromatic rings. The maximum atomic E-state index is 13.1. The molecule has 1 heterocycles. The zero-order chi connectivity index (χ0) is 44.8. The van der Waals surface area contributed by atoms with E-state index in [-0.39, 0.29) is 6.61 Å². The third kappa shape index (κ3) is 30.2. The second-order valence-electron chi connectivity index (χ2n) is 17.9. The highest BCUT2D eigenvalue weighted by Crippen LogP contribution is 2.23. The van der Waals surface area contributed by atoms with Crippen molar-refractivity contribution in [2.45, 2.75) is 269 Å². The first kappa shape index (κ1) is 57.4. The van der Waals surface area contributed by atoms with Crippen LogP contribution in [0.15, 0.2) is 36.0 Å². The standard InChI is InChI=1S/C51H95NO9/c1-4-6-8-10-12-13-14-15-16-17-18-19-20-21-22-23-24-25-26-28-30-34-39-45(55)50(59)52-43(41-60-51-49(58)48(57)47(56)46(40-53)61-51)44(54)38-35-31-33-37-42(3)36-32-29-27-11-9-7-5-2/h32,35-38,43-49,51,53-58H,4-31,33-34,39-41H2,1-3H3,(H,52,59)/b36-32+,38-35+,42-37+/t43-,44+,45+,46+,47+,48-,49+,51+/m0/s1. The van der Waals surface area contributed by atoms with Gasteiger partial charge in [0.2, 0.25) is 5.91 Å². The number of carbonyl (C=O) groups excluding carboxylic acids is 1. The van der Waals surface area contributed by atoms with Gasteiger partial charge in [-0.15, -0.1) is 0 Å². The molecule has 0 spiro atoms. The predicted octanol–water partition coefficient (Wildman–Crippen LogP) is 10.2. The number of hydrogen-bond acceptors (Lipinski definition) is 9. The molecule has 0 bridgehead atoms. The lowest BCUT2D eigenvalue weighted by Crippen LogP contribution is -2.60. The Bertz CT molecular complexity index is 1100. The molecule has 1 amide bonds. The van der Waals surface area contributed by atoms with Crippen LogP contribution < -0.4 is 5.32 Å². The van der Waals surface area contributed by atoms with Gasteiger partial charge in [0.15, 0.2) is 6.29 Å². The van der Waals surface area contributed by atoms with Gasteiger partial charge in [-0.05, 0) is 39.0 Å². The number of ether oxygens (including phenoxy) is 2. The molecule has 1 aliphatic rings. The topological polar surface area (TPSA) is 169 Å². The molecule has 1 saturated heterocycles. The number of nitrogens with one attached hydrogen (secondary N) is 1. The molecule has 0 aromatic heterocycles. The van der Waals surface area contributed by atoms with Crippen molar-refractivity contribution in [1.82, 2.24) is 5.32 Å². The summed E-state index contributed by atoms with van der Waals surface area (Å²) >= 11 is 0. The summed E-state index contributed by atoms with van der Waals surface area (Å²) in [4.78, 5) is 13.1. The van der Waals surface area contributed by atoms with E-state index in [1.807, 2.05) is 6.08 Å². The van der Waals surface area contributed by atoms with Crippen LogP contribution in [0.4, 0.5) is 0 Å². The van der Waals surface area contributed by atoms with Gasteiger partial charge >= 0.3 is 0 Å². The highest BCUT2D eigenvalue weighted by atomic mass is 16.7. The van der Waals surface area contributed by atoms with Gasteiger partial charge in [0.25, 0.3) is 0 Å². The Morgan fingerprint density at radius 1 is 0.623 bits per heavy atom. The van der Waals surface area contributed by atoms with Crippen LogP contribution in [-0.4, -0.2) is 98.7 Å². The molecule has 0 unspecified atom stereocenters. The van der Waals surface area contributed by atoms with E-state index in [9.17, 15) is 35.4 Å². The van der Waals surface area contributed by atoms with E-state index < -0.39 is 61.5 Å². The second-order valence-corrected chi connectivity index (χ2v) is 17.9. The largest absolute Gasteiger partial charge is 0.394 e. The Morgan fingerprint density at radius 2 is 1.10 bits per heavy atom. The summed E-state index contributed by atoms with van der Waals surface area (Å²) in [6.07, 6.45) is 37.8. The molecule has 8 atom stereocenters. The zero-order valence-corrected chi connectivity index (χ0v) is 39.2. The van der Waals surface area contributed by atoms with E-state index in [1.165, 1.54) is 153 Å². The van der Waals surface area contributed by atoms with Crippen LogP contribution in [0.1, 0.15) is 220 Å². The van der Waals surface area contributed by atoms with Crippen molar-refractivity contribution in [3.05, 3.63) is 36.0 Å². The lowest BCUT2D eigenvalue weighted by atomic mass is 9.99. The Balaban J connectivity index is 2.38. The van der Waals surface area contributed by atoms with Crippen molar-refractivity contribution in [2.75, 3.05) is 13.2 Å². The number of amides is 1. The zero-order valence-electron chi connectivity index (χ0n) is 39.2. The molecule has 0 aliphatic carbocycles. The molecular weight excluding hydrogens is 771 g/mol. The summed E-state index contributed by atoms with van der Waals surface area (Å²) in [5, 5.41) is 64.8. The van der Waals surface area contributed by atoms with Crippen molar-refractivity contribution in [3.63, 3.8) is 0 Å². The highest BCUT2D eigenvalue weighted by molar-refractivity contribution is 5.80. The lowest BCUT2D eigenvalue weighted by Gasteiger charge is -2.40. The van der Waals surface area contributed by atoms with Crippen molar-refractivity contribution < 1.29 is 44.9 Å². The third-order valence-electron chi connectivity index (χ3n) is 12.2. The number of unbranched alkanes of at least 4 members (excludes halogenated alkanes) is 27. The summed E-state index contributed by atoms with van der Waals surface area (Å²) in [6, 6.07) is -1.01. The monoisotopic (exact) mass is 866 g/mol. The number of carbonyl (C=O) groups is 1. The molecule has 0 aromatic carbocycles. The minimum Gasteiger partial charge on any atom is -0.394 e. The molecule has 0 radical (unpaired) electrons. The van der Waals surface area contributed by atoms with Crippen LogP contribution in [0, 0.1) is 0 Å². The maximum absolute atomic E-state index is 13.1. The van der Waals surface area contributed by atoms with Crippen molar-refractivity contribution in [2.24, 2.45) is 0 Å². The fourth-order valence-electron chi connectivity index (χ4n) is 7.97. The number of hydrogen-bond donors (Lipinski definition) is 7. The molecular formula is C51H95NO9. The van der Waals surface area contributed by atoms with Crippen LogP contribution in [0.2, 0.25) is 0 Å². The molecule has 358 valence electrons. The lowest BCUT2D eigenvalue weighted by molar-refractivity contribution is -0.302. The number of aliphatic hydroxyl groups is 6. The summed E-state index contributed by atoms with van der Waals surface area (Å²) in [7, 11) is 0. The van der Waals surface area contributed by atoms with E-state index in [4.69, 9.17) is 9.47 Å². The van der Waals surface area contributed by atoms with E-state index in [2.05, 4.69) is 44.3 Å². The van der Waals surface area contributed by atoms with Gasteiger partial charge in [0.1, 0.15) is 30.5 Å². The smallest absolute Gasteiger partial charge is 0.249 e. The fraction of sp³-hybridized carbons (Fsp3) is 0.863. The molecule has 0 saturated carbocycles. The van der Waals surface area contributed by atoms with E-state index in [0.717, 1.165) is 32.1 Å². The van der Waals surface area contributed by atoms with Gasteiger partial charge in [-0.25, -0.2) is 0 Å². The minimum absolute atomic E-state index is 0.302. The number of allylic oxidation sites excluding steroid dienone is 5. The molecule has 7 N–H and O–H groups in total. The average Bonchev–Trinajstić information content (AvgIpc) is 3.25. The molecule has 1 rings (SSSR count). The van der Waals surface area contributed by atoms with Gasteiger partial charge in [0.05, 0.1) is 25.4 Å². The fourth-order valence-corrected chi connectivity index (χ4v) is 7.97. The van der Waals surface area contributed by atoms with Crippen LogP contribution in [0.25, 0.3) is 0 Å². The van der Waals surface area contributed by atoms with Crippen LogP contribution in [0.5, 0.6) is 0 Å². The van der Waals surface area contributed by atoms with Crippen molar-refractivity contribution >= 4 is 5.91 Å².